The fourth-order valence-electron chi connectivity index (χ4n) is 3.17. The van der Waals surface area contributed by atoms with Crippen LogP contribution in [0.25, 0.3) is 0 Å². The Morgan fingerprint density at radius 3 is 2.69 bits per heavy atom. The molecule has 1 saturated heterocycles. The van der Waals surface area contributed by atoms with Crippen LogP contribution in [0.4, 0.5) is 4.39 Å². The number of ether oxygens (including phenoxy) is 2. The summed E-state index contributed by atoms with van der Waals surface area (Å²) in [4.78, 5) is 6.63. The Labute approximate surface area is 191 Å². The van der Waals surface area contributed by atoms with Crippen molar-refractivity contribution in [3.8, 4) is 0 Å². The van der Waals surface area contributed by atoms with Gasteiger partial charge in [-0.2, -0.15) is 0 Å². The van der Waals surface area contributed by atoms with Gasteiger partial charge in [-0.25, -0.2) is 4.39 Å². The molecule has 0 radical (unpaired) electrons. The number of hydrogen-bond donors (Lipinski definition) is 2. The molecule has 1 unspecified atom stereocenters. The molecular formula is C21H36FIN4O2. The van der Waals surface area contributed by atoms with Gasteiger partial charge in [0.1, 0.15) is 5.82 Å². The zero-order valence-electron chi connectivity index (χ0n) is 17.8. The average molecular weight is 522 g/mol. The number of morpholine rings is 1. The summed E-state index contributed by atoms with van der Waals surface area (Å²) < 4.78 is 24.8. The van der Waals surface area contributed by atoms with E-state index in [1.165, 1.54) is 6.07 Å². The summed E-state index contributed by atoms with van der Waals surface area (Å²) in [5, 5.41) is 6.71. The van der Waals surface area contributed by atoms with Crippen molar-refractivity contribution >= 4 is 29.9 Å². The van der Waals surface area contributed by atoms with E-state index in [0.29, 0.717) is 25.7 Å². The molecule has 1 heterocycles. The van der Waals surface area contributed by atoms with Crippen molar-refractivity contribution in [2.45, 2.75) is 26.3 Å². The average Bonchev–Trinajstić information content (AvgIpc) is 2.69. The van der Waals surface area contributed by atoms with Crippen LogP contribution in [0.1, 0.15) is 31.9 Å². The van der Waals surface area contributed by atoms with E-state index in [9.17, 15) is 4.39 Å². The van der Waals surface area contributed by atoms with Gasteiger partial charge in [-0.1, -0.05) is 26.0 Å². The molecule has 0 spiro atoms. The van der Waals surface area contributed by atoms with Gasteiger partial charge in [0.05, 0.1) is 19.3 Å². The van der Waals surface area contributed by atoms with E-state index >= 15 is 0 Å². The van der Waals surface area contributed by atoms with Crippen molar-refractivity contribution in [3.05, 3.63) is 35.6 Å². The number of guanidine groups is 1. The molecular weight excluding hydrogens is 486 g/mol. The number of nitrogens with zero attached hydrogens (tertiary/aromatic N) is 2. The summed E-state index contributed by atoms with van der Waals surface area (Å²) in [5.74, 6) is 1.10. The minimum atomic E-state index is -0.209. The van der Waals surface area contributed by atoms with Crippen molar-refractivity contribution in [3.63, 3.8) is 0 Å². The fraction of sp³-hybridized carbons (Fsp3) is 0.667. The lowest BCUT2D eigenvalue weighted by Gasteiger charge is -2.35. The number of nitrogens with one attached hydrogen (secondary N) is 2. The van der Waals surface area contributed by atoms with Crippen LogP contribution < -0.4 is 10.6 Å². The first-order valence-corrected chi connectivity index (χ1v) is 10.2. The van der Waals surface area contributed by atoms with Crippen molar-refractivity contribution in [1.29, 1.82) is 0 Å². The summed E-state index contributed by atoms with van der Waals surface area (Å²) in [7, 11) is 1.76. The molecule has 0 amide bonds. The number of aliphatic imine (C=N–C) groups is 1. The predicted molar refractivity (Wildman–Crippen MR) is 127 cm³/mol. The van der Waals surface area contributed by atoms with E-state index in [2.05, 4.69) is 34.4 Å². The van der Waals surface area contributed by atoms with Crippen LogP contribution in [0, 0.1) is 11.7 Å². The lowest BCUT2D eigenvalue weighted by molar-refractivity contribution is 0.0169. The largest absolute Gasteiger partial charge is 0.381 e. The van der Waals surface area contributed by atoms with Gasteiger partial charge in [0.25, 0.3) is 0 Å². The van der Waals surface area contributed by atoms with Gasteiger partial charge in [0, 0.05) is 46.4 Å². The SMILES string of the molecule is CN=C(NCCCOCC(C)C)NCC(c1cccc(F)c1)N1CCOCC1.I. The Hall–Kier alpha value is -0.970. The molecule has 1 aliphatic heterocycles. The Morgan fingerprint density at radius 2 is 2.03 bits per heavy atom. The highest BCUT2D eigenvalue weighted by atomic mass is 127. The lowest BCUT2D eigenvalue weighted by atomic mass is 10.0. The maximum absolute atomic E-state index is 13.8. The van der Waals surface area contributed by atoms with Crippen molar-refractivity contribution in [1.82, 2.24) is 15.5 Å². The van der Waals surface area contributed by atoms with Crippen molar-refractivity contribution < 1.29 is 13.9 Å². The lowest BCUT2D eigenvalue weighted by Crippen LogP contribution is -2.46. The molecule has 1 aromatic rings. The van der Waals surface area contributed by atoms with Crippen LogP contribution in [-0.4, -0.2) is 70.5 Å². The minimum Gasteiger partial charge on any atom is -0.381 e. The Kier molecular flexibility index (Phi) is 13.4. The first-order chi connectivity index (χ1) is 13.6. The normalized spacial score (nSPS) is 16.4. The highest BCUT2D eigenvalue weighted by Gasteiger charge is 2.23. The van der Waals surface area contributed by atoms with Crippen LogP contribution in [-0.2, 0) is 9.47 Å². The van der Waals surface area contributed by atoms with Crippen molar-refractivity contribution in [2.24, 2.45) is 10.9 Å². The summed E-state index contributed by atoms with van der Waals surface area (Å²) >= 11 is 0. The zero-order valence-corrected chi connectivity index (χ0v) is 20.2. The van der Waals surface area contributed by atoms with Gasteiger partial charge in [0.2, 0.25) is 0 Å². The summed E-state index contributed by atoms with van der Waals surface area (Å²) in [6, 6.07) is 6.90. The highest BCUT2D eigenvalue weighted by Crippen LogP contribution is 2.22. The van der Waals surface area contributed by atoms with Crippen LogP contribution in [0.15, 0.2) is 29.3 Å². The van der Waals surface area contributed by atoms with Crippen LogP contribution >= 0.6 is 24.0 Å². The second kappa shape index (κ2) is 14.9. The van der Waals surface area contributed by atoms with Crippen LogP contribution in [0.2, 0.25) is 0 Å². The molecule has 6 nitrogen and oxygen atoms in total. The van der Waals surface area contributed by atoms with Gasteiger partial charge in [-0.15, -0.1) is 24.0 Å². The molecule has 29 heavy (non-hydrogen) atoms. The van der Waals surface area contributed by atoms with Gasteiger partial charge >= 0.3 is 0 Å². The van der Waals surface area contributed by atoms with Gasteiger partial charge in [-0.3, -0.25) is 9.89 Å². The minimum absolute atomic E-state index is 0. The molecule has 2 N–H and O–H groups in total. The molecule has 0 saturated carbocycles. The fourth-order valence-corrected chi connectivity index (χ4v) is 3.17. The van der Waals surface area contributed by atoms with E-state index in [-0.39, 0.29) is 35.8 Å². The maximum atomic E-state index is 13.8. The van der Waals surface area contributed by atoms with Crippen LogP contribution in [0.3, 0.4) is 0 Å². The van der Waals surface area contributed by atoms with Crippen LogP contribution in [0.5, 0.6) is 0 Å². The van der Waals surface area contributed by atoms with Crippen molar-refractivity contribution in [2.75, 3.05) is 59.7 Å². The Morgan fingerprint density at radius 1 is 1.28 bits per heavy atom. The van der Waals surface area contributed by atoms with E-state index < -0.39 is 0 Å². The molecule has 1 atom stereocenters. The topological polar surface area (TPSA) is 58.1 Å². The van der Waals surface area contributed by atoms with E-state index in [0.717, 1.165) is 50.8 Å². The zero-order chi connectivity index (χ0) is 20.2. The van der Waals surface area contributed by atoms with Gasteiger partial charge in [0.15, 0.2) is 5.96 Å². The molecule has 8 heteroatoms. The number of halogens is 2. The summed E-state index contributed by atoms with van der Waals surface area (Å²) in [6.45, 7) is 10.3. The second-order valence-electron chi connectivity index (χ2n) is 7.42. The third-order valence-corrected chi connectivity index (χ3v) is 4.62. The summed E-state index contributed by atoms with van der Waals surface area (Å²) in [6.07, 6.45) is 0.921. The first kappa shape index (κ1) is 26.1. The quantitative estimate of drug-likeness (QED) is 0.214. The Balaban J connectivity index is 0.00000420. The van der Waals surface area contributed by atoms with Gasteiger partial charge in [-0.05, 0) is 30.0 Å². The monoisotopic (exact) mass is 522 g/mol. The molecule has 1 aliphatic rings. The molecule has 166 valence electrons. The highest BCUT2D eigenvalue weighted by molar-refractivity contribution is 14.0. The smallest absolute Gasteiger partial charge is 0.191 e. The van der Waals surface area contributed by atoms with Gasteiger partial charge < -0.3 is 20.1 Å². The number of rotatable bonds is 10. The molecule has 2 rings (SSSR count). The molecule has 0 bridgehead atoms. The maximum Gasteiger partial charge on any atom is 0.191 e. The summed E-state index contributed by atoms with van der Waals surface area (Å²) in [5.41, 5.74) is 0.965. The predicted octanol–water partition coefficient (Wildman–Crippen LogP) is 3.04. The Bertz CT molecular complexity index is 598. The second-order valence-corrected chi connectivity index (χ2v) is 7.42. The number of hydrogen-bond acceptors (Lipinski definition) is 4. The molecule has 0 aliphatic carbocycles. The number of benzene rings is 1. The standard InChI is InChI=1S/C21H35FN4O2.HI/c1-17(2)16-28-11-5-8-24-21(23-3)25-15-20(26-9-12-27-13-10-26)18-6-4-7-19(22)14-18;/h4,6-7,14,17,20H,5,8-13,15-16H2,1-3H3,(H2,23,24,25);1H. The third kappa shape index (κ3) is 10.1. The molecule has 1 aromatic carbocycles. The molecule has 1 fully saturated rings. The van der Waals surface area contributed by atoms with E-state index in [1.807, 2.05) is 6.07 Å². The molecule has 0 aromatic heterocycles. The first-order valence-electron chi connectivity index (χ1n) is 10.2. The third-order valence-electron chi connectivity index (χ3n) is 4.62. The van der Waals surface area contributed by atoms with E-state index in [1.54, 1.807) is 19.2 Å². The van der Waals surface area contributed by atoms with E-state index in [4.69, 9.17) is 9.47 Å².